The molecular weight excluding hydrogens is 421 g/mol. The zero-order valence-corrected chi connectivity index (χ0v) is 18.8. The van der Waals surface area contributed by atoms with Crippen molar-refractivity contribution in [3.8, 4) is 17.2 Å². The molecule has 0 saturated heterocycles. The van der Waals surface area contributed by atoms with Gasteiger partial charge < -0.3 is 19.5 Å². The van der Waals surface area contributed by atoms with Crippen LogP contribution in [0.15, 0.2) is 66.7 Å². The smallest absolute Gasteiger partial charge is 0.180 e. The van der Waals surface area contributed by atoms with Gasteiger partial charge in [0.25, 0.3) is 0 Å². The molecule has 3 aromatic rings. The number of halogens is 2. The van der Waals surface area contributed by atoms with Gasteiger partial charge in [-0.15, -0.1) is 12.4 Å². The van der Waals surface area contributed by atoms with Crippen LogP contribution in [0.2, 0.25) is 5.02 Å². The molecule has 0 aliphatic carbocycles. The van der Waals surface area contributed by atoms with E-state index in [4.69, 9.17) is 25.8 Å². The molecule has 0 bridgehead atoms. The summed E-state index contributed by atoms with van der Waals surface area (Å²) in [6, 6.07) is 21.9. The van der Waals surface area contributed by atoms with Crippen molar-refractivity contribution in [3.63, 3.8) is 0 Å². The lowest BCUT2D eigenvalue weighted by Crippen LogP contribution is -2.13. The predicted molar refractivity (Wildman–Crippen MR) is 124 cm³/mol. The molecule has 0 radical (unpaired) electrons. The number of nitrogens with one attached hydrogen (secondary N) is 1. The van der Waals surface area contributed by atoms with Crippen molar-refractivity contribution >= 4 is 24.0 Å². The largest absolute Gasteiger partial charge is 0.497 e. The lowest BCUT2D eigenvalue weighted by atomic mass is 10.1. The van der Waals surface area contributed by atoms with E-state index in [-0.39, 0.29) is 12.4 Å². The molecule has 0 saturated carbocycles. The quantitative estimate of drug-likeness (QED) is 0.411. The first-order valence-corrected chi connectivity index (χ1v) is 10.0. The monoisotopic (exact) mass is 447 g/mol. The number of methoxy groups -OCH3 is 1. The number of ether oxygens (including phenoxy) is 3. The van der Waals surface area contributed by atoms with Crippen LogP contribution in [-0.4, -0.2) is 13.7 Å². The Kier molecular flexibility index (Phi) is 9.81. The first kappa shape index (κ1) is 23.9. The summed E-state index contributed by atoms with van der Waals surface area (Å²) in [7, 11) is 1.67. The molecule has 6 heteroatoms. The van der Waals surface area contributed by atoms with Crippen LogP contribution in [0.25, 0.3) is 0 Å². The van der Waals surface area contributed by atoms with Crippen LogP contribution < -0.4 is 19.5 Å². The molecular formula is C24H27Cl2NO3. The molecule has 0 aromatic heterocycles. The van der Waals surface area contributed by atoms with E-state index >= 15 is 0 Å². The average molecular weight is 448 g/mol. The van der Waals surface area contributed by atoms with Gasteiger partial charge in [-0.3, -0.25) is 0 Å². The minimum absolute atomic E-state index is 0. The van der Waals surface area contributed by atoms with Crippen LogP contribution in [0.4, 0.5) is 0 Å². The SMILES string of the molecule is CCOc1cc(CNCc2ccc(OC)cc2)cc(Cl)c1OCc1ccccc1.Cl. The van der Waals surface area contributed by atoms with Gasteiger partial charge in [0.15, 0.2) is 11.5 Å². The summed E-state index contributed by atoms with van der Waals surface area (Å²) in [5, 5.41) is 3.98. The van der Waals surface area contributed by atoms with Gasteiger partial charge in [-0.1, -0.05) is 54.1 Å². The fraction of sp³-hybridized carbons (Fsp3) is 0.250. The third-order valence-corrected chi connectivity index (χ3v) is 4.69. The fourth-order valence-corrected chi connectivity index (χ4v) is 3.24. The van der Waals surface area contributed by atoms with Crippen molar-refractivity contribution in [2.75, 3.05) is 13.7 Å². The van der Waals surface area contributed by atoms with Crippen molar-refractivity contribution < 1.29 is 14.2 Å². The molecule has 0 atom stereocenters. The molecule has 1 N–H and O–H groups in total. The summed E-state index contributed by atoms with van der Waals surface area (Å²) in [6.07, 6.45) is 0. The molecule has 0 aliphatic rings. The van der Waals surface area contributed by atoms with E-state index in [2.05, 4.69) is 5.32 Å². The summed E-state index contributed by atoms with van der Waals surface area (Å²) in [5.41, 5.74) is 3.31. The van der Waals surface area contributed by atoms with Crippen molar-refractivity contribution in [2.45, 2.75) is 26.6 Å². The minimum Gasteiger partial charge on any atom is -0.497 e. The first-order valence-electron chi connectivity index (χ1n) is 9.65. The highest BCUT2D eigenvalue weighted by Crippen LogP contribution is 2.37. The van der Waals surface area contributed by atoms with Crippen molar-refractivity contribution in [1.82, 2.24) is 5.32 Å². The van der Waals surface area contributed by atoms with E-state index in [1.165, 1.54) is 5.56 Å². The van der Waals surface area contributed by atoms with Crippen molar-refractivity contribution in [3.05, 3.63) is 88.4 Å². The van der Waals surface area contributed by atoms with Crippen LogP contribution >= 0.6 is 24.0 Å². The molecule has 160 valence electrons. The van der Waals surface area contributed by atoms with E-state index in [0.29, 0.717) is 36.3 Å². The Morgan fingerprint density at radius 2 is 1.53 bits per heavy atom. The highest BCUT2D eigenvalue weighted by atomic mass is 35.5. The minimum atomic E-state index is 0. The maximum absolute atomic E-state index is 6.52. The fourth-order valence-electron chi connectivity index (χ4n) is 2.95. The molecule has 3 aromatic carbocycles. The molecule has 0 spiro atoms. The lowest BCUT2D eigenvalue weighted by molar-refractivity contribution is 0.269. The Morgan fingerprint density at radius 1 is 0.833 bits per heavy atom. The van der Waals surface area contributed by atoms with Gasteiger partial charge >= 0.3 is 0 Å². The summed E-state index contributed by atoms with van der Waals surface area (Å²) in [5.74, 6) is 2.10. The number of hydrogen-bond donors (Lipinski definition) is 1. The van der Waals surface area contributed by atoms with Gasteiger partial charge in [0.05, 0.1) is 18.7 Å². The van der Waals surface area contributed by atoms with Crippen LogP contribution in [0, 0.1) is 0 Å². The van der Waals surface area contributed by atoms with Gasteiger partial charge in [0.2, 0.25) is 0 Å². The predicted octanol–water partition coefficient (Wildman–Crippen LogP) is 6.04. The van der Waals surface area contributed by atoms with Gasteiger partial charge in [-0.05, 0) is 47.9 Å². The van der Waals surface area contributed by atoms with Crippen LogP contribution in [0.1, 0.15) is 23.6 Å². The average Bonchev–Trinajstić information content (AvgIpc) is 2.74. The Labute approximate surface area is 189 Å². The second kappa shape index (κ2) is 12.3. The molecule has 0 amide bonds. The summed E-state index contributed by atoms with van der Waals surface area (Å²) >= 11 is 6.52. The highest BCUT2D eigenvalue weighted by molar-refractivity contribution is 6.32. The molecule has 0 fully saturated rings. The Balaban J connectivity index is 0.00000320. The first-order chi connectivity index (χ1) is 14.2. The molecule has 0 unspecified atom stereocenters. The Morgan fingerprint density at radius 3 is 2.20 bits per heavy atom. The summed E-state index contributed by atoms with van der Waals surface area (Å²) in [6.45, 7) is 4.35. The molecule has 3 rings (SSSR count). The van der Waals surface area contributed by atoms with Crippen molar-refractivity contribution in [1.29, 1.82) is 0 Å². The third-order valence-electron chi connectivity index (χ3n) is 4.41. The van der Waals surface area contributed by atoms with E-state index in [9.17, 15) is 0 Å². The number of hydrogen-bond acceptors (Lipinski definition) is 4. The van der Waals surface area contributed by atoms with Crippen molar-refractivity contribution in [2.24, 2.45) is 0 Å². The summed E-state index contributed by atoms with van der Waals surface area (Å²) in [4.78, 5) is 0. The van der Waals surface area contributed by atoms with E-state index in [0.717, 1.165) is 23.4 Å². The lowest BCUT2D eigenvalue weighted by Gasteiger charge is -2.16. The second-order valence-electron chi connectivity index (χ2n) is 6.56. The van der Waals surface area contributed by atoms with Crippen LogP contribution in [-0.2, 0) is 19.7 Å². The zero-order chi connectivity index (χ0) is 20.5. The van der Waals surface area contributed by atoms with E-state index < -0.39 is 0 Å². The maximum atomic E-state index is 6.52. The molecule has 30 heavy (non-hydrogen) atoms. The third kappa shape index (κ3) is 6.84. The van der Waals surface area contributed by atoms with Gasteiger partial charge in [0, 0.05) is 13.1 Å². The molecule has 0 aliphatic heterocycles. The number of rotatable bonds is 10. The maximum Gasteiger partial charge on any atom is 0.180 e. The van der Waals surface area contributed by atoms with Gasteiger partial charge in [-0.25, -0.2) is 0 Å². The molecule has 4 nitrogen and oxygen atoms in total. The summed E-state index contributed by atoms with van der Waals surface area (Å²) < 4.78 is 16.9. The van der Waals surface area contributed by atoms with Crippen LogP contribution in [0.3, 0.4) is 0 Å². The highest BCUT2D eigenvalue weighted by Gasteiger charge is 2.13. The Hall–Kier alpha value is -2.40. The molecule has 0 heterocycles. The zero-order valence-electron chi connectivity index (χ0n) is 17.2. The Bertz CT molecular complexity index is 902. The van der Waals surface area contributed by atoms with Gasteiger partial charge in [-0.2, -0.15) is 0 Å². The second-order valence-corrected chi connectivity index (χ2v) is 6.97. The van der Waals surface area contributed by atoms with E-state index in [1.807, 2.05) is 73.7 Å². The van der Waals surface area contributed by atoms with Gasteiger partial charge in [0.1, 0.15) is 12.4 Å². The normalized spacial score (nSPS) is 10.2. The van der Waals surface area contributed by atoms with E-state index in [1.54, 1.807) is 7.11 Å². The number of benzene rings is 3. The standard InChI is InChI=1S/C24H26ClNO3.ClH/c1-3-28-23-14-20(16-26-15-18-9-11-21(27-2)12-10-18)13-22(25)24(23)29-17-19-7-5-4-6-8-19;/h4-14,26H,3,15-17H2,1-2H3;1H. The van der Waals surface area contributed by atoms with Crippen LogP contribution in [0.5, 0.6) is 17.2 Å². The topological polar surface area (TPSA) is 39.7 Å².